The van der Waals surface area contributed by atoms with Gasteiger partial charge in [0.15, 0.2) is 0 Å². The molecule has 2 aromatic rings. The molecule has 2 aliphatic heterocycles. The Labute approximate surface area is 161 Å². The molecule has 5 nitrogen and oxygen atoms in total. The number of halogens is 2. The predicted octanol–water partition coefficient (Wildman–Crippen LogP) is 3.80. The number of anilines is 2. The maximum absolute atomic E-state index is 14.0. The molecule has 0 bridgehead atoms. The Hall–Kier alpha value is -2.44. The molecule has 1 fully saturated rings. The molecule has 27 heavy (non-hydrogen) atoms. The van der Waals surface area contributed by atoms with Gasteiger partial charge in [-0.25, -0.2) is 4.39 Å². The maximum Gasteiger partial charge on any atom is 0.260 e. The van der Waals surface area contributed by atoms with Gasteiger partial charge in [-0.3, -0.25) is 9.59 Å². The zero-order valence-corrected chi connectivity index (χ0v) is 15.3. The van der Waals surface area contributed by atoms with E-state index in [2.05, 4.69) is 5.32 Å². The Morgan fingerprint density at radius 1 is 1.26 bits per heavy atom. The van der Waals surface area contributed by atoms with E-state index in [1.165, 1.54) is 18.2 Å². The second-order valence-corrected chi connectivity index (χ2v) is 7.04. The average molecular weight is 389 g/mol. The molecular weight excluding hydrogens is 371 g/mol. The molecule has 0 aliphatic carbocycles. The van der Waals surface area contributed by atoms with Crippen LogP contribution in [-0.4, -0.2) is 31.1 Å². The number of nitrogens with zero attached hydrogens (tertiary/aromatic N) is 1. The van der Waals surface area contributed by atoms with Crippen LogP contribution in [0.15, 0.2) is 36.4 Å². The summed E-state index contributed by atoms with van der Waals surface area (Å²) in [7, 11) is 0. The fourth-order valence-corrected chi connectivity index (χ4v) is 3.79. The molecule has 2 amide bonds. The second kappa shape index (κ2) is 7.29. The quantitative estimate of drug-likeness (QED) is 0.870. The Bertz CT molecular complexity index is 892. The number of rotatable bonds is 3. The zero-order chi connectivity index (χ0) is 19.0. The summed E-state index contributed by atoms with van der Waals surface area (Å²) >= 11 is 5.95. The van der Waals surface area contributed by atoms with Crippen molar-refractivity contribution >= 4 is 34.8 Å². The molecule has 1 saturated heterocycles. The number of amides is 2. The number of carbonyl (C=O) groups excluding carboxylic acids is 2. The van der Waals surface area contributed by atoms with Gasteiger partial charge in [-0.05, 0) is 49.1 Å². The first-order chi connectivity index (χ1) is 13.0. The summed E-state index contributed by atoms with van der Waals surface area (Å²) in [5.74, 6) is -1.36. The van der Waals surface area contributed by atoms with Gasteiger partial charge in [0.1, 0.15) is 11.9 Å². The molecule has 7 heteroatoms. The molecule has 0 aromatic heterocycles. The van der Waals surface area contributed by atoms with Crippen molar-refractivity contribution in [2.75, 3.05) is 23.4 Å². The van der Waals surface area contributed by atoms with Gasteiger partial charge in [0, 0.05) is 24.5 Å². The van der Waals surface area contributed by atoms with E-state index in [-0.39, 0.29) is 16.5 Å². The van der Waals surface area contributed by atoms with Crippen molar-refractivity contribution in [1.82, 2.24) is 0 Å². The summed E-state index contributed by atoms with van der Waals surface area (Å²) in [5, 5.41) is 2.71. The zero-order valence-electron chi connectivity index (χ0n) is 14.5. The number of ether oxygens (including phenoxy) is 1. The van der Waals surface area contributed by atoms with E-state index in [4.69, 9.17) is 16.3 Å². The molecule has 0 saturated carbocycles. The Kier molecular flexibility index (Phi) is 4.85. The van der Waals surface area contributed by atoms with Gasteiger partial charge >= 0.3 is 0 Å². The molecule has 0 spiro atoms. The van der Waals surface area contributed by atoms with Crippen molar-refractivity contribution in [1.29, 1.82) is 0 Å². The Morgan fingerprint density at radius 2 is 2.11 bits per heavy atom. The molecular formula is C20H18ClFN2O3. The molecule has 2 aromatic carbocycles. The third kappa shape index (κ3) is 3.42. The summed E-state index contributed by atoms with van der Waals surface area (Å²) in [6.45, 7) is 1.20. The van der Waals surface area contributed by atoms with Crippen LogP contribution in [-0.2, 0) is 16.0 Å². The van der Waals surface area contributed by atoms with Crippen molar-refractivity contribution in [3.8, 4) is 0 Å². The highest BCUT2D eigenvalue weighted by molar-refractivity contribution is 6.34. The van der Waals surface area contributed by atoms with Crippen LogP contribution in [0.3, 0.4) is 0 Å². The van der Waals surface area contributed by atoms with Crippen molar-refractivity contribution in [3.63, 3.8) is 0 Å². The summed E-state index contributed by atoms with van der Waals surface area (Å²) in [6.07, 6.45) is 1.97. The van der Waals surface area contributed by atoms with E-state index < -0.39 is 17.8 Å². The van der Waals surface area contributed by atoms with E-state index in [9.17, 15) is 14.0 Å². The largest absolute Gasteiger partial charge is 0.368 e. The van der Waals surface area contributed by atoms with Crippen molar-refractivity contribution < 1.29 is 18.7 Å². The first kappa shape index (κ1) is 17.9. The van der Waals surface area contributed by atoms with Crippen molar-refractivity contribution in [2.45, 2.75) is 25.4 Å². The normalized spacial score (nSPS) is 18.4. The van der Waals surface area contributed by atoms with E-state index in [0.29, 0.717) is 18.8 Å². The lowest BCUT2D eigenvalue weighted by Crippen LogP contribution is -2.37. The lowest BCUT2D eigenvalue weighted by molar-refractivity contribution is -0.127. The highest BCUT2D eigenvalue weighted by Gasteiger charge is 2.33. The summed E-state index contributed by atoms with van der Waals surface area (Å²) < 4.78 is 19.5. The fourth-order valence-electron chi connectivity index (χ4n) is 3.54. The van der Waals surface area contributed by atoms with E-state index in [1.54, 1.807) is 17.0 Å². The standard InChI is InChI=1S/C20H18ClFN2O3/c21-14-3-1-4-15(22)18(14)19(25)23-13-7-6-12-8-9-24(16(12)11-13)20(26)17-5-2-10-27-17/h1,3-4,6-7,11,17H,2,5,8-10H2,(H,23,25)/t17-/m1/s1. The third-order valence-corrected chi connectivity index (χ3v) is 5.21. The van der Waals surface area contributed by atoms with Gasteiger partial charge in [-0.1, -0.05) is 23.7 Å². The SMILES string of the molecule is O=C(Nc1ccc2c(c1)N(C(=O)[C@H]1CCCO1)CC2)c1c(F)cccc1Cl. The molecule has 0 radical (unpaired) electrons. The topological polar surface area (TPSA) is 58.6 Å². The molecule has 0 unspecified atom stereocenters. The summed E-state index contributed by atoms with van der Waals surface area (Å²) in [4.78, 5) is 26.9. The molecule has 140 valence electrons. The summed E-state index contributed by atoms with van der Waals surface area (Å²) in [6, 6.07) is 9.44. The Morgan fingerprint density at radius 3 is 2.85 bits per heavy atom. The lowest BCUT2D eigenvalue weighted by Gasteiger charge is -2.21. The van der Waals surface area contributed by atoms with Gasteiger partial charge in [0.25, 0.3) is 11.8 Å². The number of hydrogen-bond donors (Lipinski definition) is 1. The number of nitrogens with one attached hydrogen (secondary N) is 1. The van der Waals surface area contributed by atoms with Gasteiger partial charge in [0.2, 0.25) is 0 Å². The minimum absolute atomic E-state index is 0.0452. The summed E-state index contributed by atoms with van der Waals surface area (Å²) in [5.41, 5.74) is 2.06. The van der Waals surface area contributed by atoms with E-state index in [1.807, 2.05) is 6.07 Å². The number of benzene rings is 2. The first-order valence-electron chi connectivity index (χ1n) is 8.86. The van der Waals surface area contributed by atoms with Gasteiger partial charge in [0.05, 0.1) is 10.6 Å². The Balaban J connectivity index is 1.57. The predicted molar refractivity (Wildman–Crippen MR) is 101 cm³/mol. The van der Waals surface area contributed by atoms with Crippen molar-refractivity contribution in [3.05, 3.63) is 58.4 Å². The van der Waals surface area contributed by atoms with E-state index in [0.717, 1.165) is 30.5 Å². The van der Waals surface area contributed by atoms with Crippen LogP contribution in [0.5, 0.6) is 0 Å². The molecule has 1 N–H and O–H groups in total. The minimum Gasteiger partial charge on any atom is -0.368 e. The average Bonchev–Trinajstić information content (AvgIpc) is 3.31. The van der Waals surface area contributed by atoms with Crippen LogP contribution in [0, 0.1) is 5.82 Å². The number of fused-ring (bicyclic) bond motifs is 1. The number of carbonyl (C=O) groups is 2. The molecule has 2 heterocycles. The van der Waals surface area contributed by atoms with Crippen LogP contribution >= 0.6 is 11.6 Å². The fraction of sp³-hybridized carbons (Fsp3) is 0.300. The molecule has 4 rings (SSSR count). The highest BCUT2D eigenvalue weighted by Crippen LogP contribution is 2.33. The minimum atomic E-state index is -0.684. The number of hydrogen-bond acceptors (Lipinski definition) is 3. The third-order valence-electron chi connectivity index (χ3n) is 4.90. The highest BCUT2D eigenvalue weighted by atomic mass is 35.5. The maximum atomic E-state index is 14.0. The van der Waals surface area contributed by atoms with Crippen LogP contribution in [0.25, 0.3) is 0 Å². The van der Waals surface area contributed by atoms with Crippen LogP contribution in [0.4, 0.5) is 15.8 Å². The van der Waals surface area contributed by atoms with Gasteiger partial charge in [-0.2, -0.15) is 0 Å². The second-order valence-electron chi connectivity index (χ2n) is 6.64. The van der Waals surface area contributed by atoms with E-state index >= 15 is 0 Å². The van der Waals surface area contributed by atoms with Crippen LogP contribution in [0.2, 0.25) is 5.02 Å². The van der Waals surface area contributed by atoms with Crippen LogP contribution in [0.1, 0.15) is 28.8 Å². The van der Waals surface area contributed by atoms with Crippen LogP contribution < -0.4 is 10.2 Å². The molecule has 2 aliphatic rings. The van der Waals surface area contributed by atoms with Gasteiger partial charge in [-0.15, -0.1) is 0 Å². The van der Waals surface area contributed by atoms with Crippen molar-refractivity contribution in [2.24, 2.45) is 0 Å². The first-order valence-corrected chi connectivity index (χ1v) is 9.23. The lowest BCUT2D eigenvalue weighted by atomic mass is 10.1. The molecule has 1 atom stereocenters. The smallest absolute Gasteiger partial charge is 0.260 e. The van der Waals surface area contributed by atoms with Gasteiger partial charge < -0.3 is 15.0 Å². The monoisotopic (exact) mass is 388 g/mol.